The highest BCUT2D eigenvalue weighted by Gasteiger charge is 2.45. The predicted octanol–water partition coefficient (Wildman–Crippen LogP) is 3.01. The number of aromatic nitrogens is 1. The minimum absolute atomic E-state index is 0.368. The highest BCUT2D eigenvalue weighted by atomic mass is 15.2. The van der Waals surface area contributed by atoms with E-state index >= 15 is 0 Å². The molecule has 1 aromatic heterocycles. The molecule has 1 saturated carbocycles. The van der Waals surface area contributed by atoms with Gasteiger partial charge in [-0.3, -0.25) is 9.88 Å². The van der Waals surface area contributed by atoms with Crippen LogP contribution in [0.5, 0.6) is 0 Å². The zero-order valence-electron chi connectivity index (χ0n) is 13.4. The molecule has 21 heavy (non-hydrogen) atoms. The Labute approximate surface area is 129 Å². The Morgan fingerprint density at radius 1 is 1.14 bits per heavy atom. The summed E-state index contributed by atoms with van der Waals surface area (Å²) in [5.74, 6) is 0. The SMILES string of the molecule is CNC(Cc1ccccn1)C1(N2CCCCC2)CCCC1. The summed E-state index contributed by atoms with van der Waals surface area (Å²) in [6.45, 7) is 2.58. The monoisotopic (exact) mass is 287 g/mol. The van der Waals surface area contributed by atoms with Crippen LogP contribution in [0, 0.1) is 0 Å². The lowest BCUT2D eigenvalue weighted by atomic mass is 9.82. The van der Waals surface area contributed by atoms with Gasteiger partial charge in [0.15, 0.2) is 0 Å². The number of piperidine rings is 1. The second-order valence-corrected chi connectivity index (χ2v) is 6.72. The summed E-state index contributed by atoms with van der Waals surface area (Å²) in [6.07, 6.45) is 12.6. The molecule has 2 fully saturated rings. The zero-order valence-corrected chi connectivity index (χ0v) is 13.4. The molecule has 0 radical (unpaired) electrons. The summed E-state index contributed by atoms with van der Waals surface area (Å²) in [7, 11) is 2.14. The van der Waals surface area contributed by atoms with Gasteiger partial charge >= 0.3 is 0 Å². The second kappa shape index (κ2) is 6.89. The summed E-state index contributed by atoms with van der Waals surface area (Å²) >= 11 is 0. The van der Waals surface area contributed by atoms with Gasteiger partial charge in [0.2, 0.25) is 0 Å². The van der Waals surface area contributed by atoms with E-state index in [1.165, 1.54) is 63.7 Å². The molecule has 3 rings (SSSR count). The molecule has 3 nitrogen and oxygen atoms in total. The van der Waals surface area contributed by atoms with E-state index in [1.54, 1.807) is 0 Å². The first-order valence-corrected chi connectivity index (χ1v) is 8.67. The van der Waals surface area contributed by atoms with Gasteiger partial charge in [-0.15, -0.1) is 0 Å². The van der Waals surface area contributed by atoms with Crippen LogP contribution in [0.25, 0.3) is 0 Å². The first-order chi connectivity index (χ1) is 10.3. The van der Waals surface area contributed by atoms with Crippen LogP contribution in [0.3, 0.4) is 0 Å². The molecule has 1 aliphatic carbocycles. The van der Waals surface area contributed by atoms with E-state index in [1.807, 2.05) is 12.3 Å². The number of likely N-dealkylation sites (tertiary alicyclic amines) is 1. The van der Waals surface area contributed by atoms with E-state index in [4.69, 9.17) is 0 Å². The van der Waals surface area contributed by atoms with E-state index < -0.39 is 0 Å². The Morgan fingerprint density at radius 2 is 1.90 bits per heavy atom. The first kappa shape index (κ1) is 15.0. The Bertz CT molecular complexity index is 419. The van der Waals surface area contributed by atoms with Crippen molar-refractivity contribution in [2.75, 3.05) is 20.1 Å². The molecule has 0 amide bonds. The predicted molar refractivity (Wildman–Crippen MR) is 87.4 cm³/mol. The van der Waals surface area contributed by atoms with Gasteiger partial charge in [0.05, 0.1) is 0 Å². The molecule has 0 bridgehead atoms. The van der Waals surface area contributed by atoms with Crippen LogP contribution in [0.15, 0.2) is 24.4 Å². The van der Waals surface area contributed by atoms with Crippen molar-refractivity contribution in [1.29, 1.82) is 0 Å². The Hall–Kier alpha value is -0.930. The summed E-state index contributed by atoms with van der Waals surface area (Å²) in [5, 5.41) is 3.65. The molecular formula is C18H29N3. The zero-order chi connectivity index (χ0) is 14.5. The van der Waals surface area contributed by atoms with Crippen molar-refractivity contribution in [3.8, 4) is 0 Å². The Morgan fingerprint density at radius 3 is 2.52 bits per heavy atom. The van der Waals surface area contributed by atoms with Gasteiger partial charge in [0.1, 0.15) is 0 Å². The smallest absolute Gasteiger partial charge is 0.0419 e. The van der Waals surface area contributed by atoms with Crippen molar-refractivity contribution >= 4 is 0 Å². The van der Waals surface area contributed by atoms with E-state index in [0.717, 1.165) is 6.42 Å². The van der Waals surface area contributed by atoms with Crippen LogP contribution in [0.4, 0.5) is 0 Å². The number of nitrogens with zero attached hydrogens (tertiary/aromatic N) is 2. The fourth-order valence-electron chi connectivity index (χ4n) is 4.50. The van der Waals surface area contributed by atoms with Gasteiger partial charge in [-0.25, -0.2) is 0 Å². The van der Waals surface area contributed by atoms with Crippen molar-refractivity contribution in [3.05, 3.63) is 30.1 Å². The minimum Gasteiger partial charge on any atom is -0.315 e. The van der Waals surface area contributed by atoms with Crippen molar-refractivity contribution in [3.63, 3.8) is 0 Å². The lowest BCUT2D eigenvalue weighted by molar-refractivity contribution is 0.0386. The maximum atomic E-state index is 4.56. The Kier molecular flexibility index (Phi) is 4.91. The average Bonchev–Trinajstić information content (AvgIpc) is 3.05. The fourth-order valence-corrected chi connectivity index (χ4v) is 4.50. The van der Waals surface area contributed by atoms with Crippen LogP contribution in [0.1, 0.15) is 50.6 Å². The molecule has 116 valence electrons. The summed E-state index contributed by atoms with van der Waals surface area (Å²) in [5.41, 5.74) is 1.59. The van der Waals surface area contributed by atoms with Crippen LogP contribution in [-0.4, -0.2) is 41.6 Å². The molecule has 1 unspecified atom stereocenters. The van der Waals surface area contributed by atoms with Crippen LogP contribution in [0.2, 0.25) is 0 Å². The van der Waals surface area contributed by atoms with E-state index in [2.05, 4.69) is 34.4 Å². The summed E-state index contributed by atoms with van der Waals surface area (Å²) in [4.78, 5) is 7.37. The molecule has 3 heteroatoms. The second-order valence-electron chi connectivity index (χ2n) is 6.72. The quantitative estimate of drug-likeness (QED) is 0.902. The van der Waals surface area contributed by atoms with E-state index in [-0.39, 0.29) is 0 Å². The largest absolute Gasteiger partial charge is 0.315 e. The highest BCUT2D eigenvalue weighted by molar-refractivity contribution is 5.11. The minimum atomic E-state index is 0.368. The van der Waals surface area contributed by atoms with Crippen molar-refractivity contribution in [2.24, 2.45) is 0 Å². The van der Waals surface area contributed by atoms with E-state index in [0.29, 0.717) is 11.6 Å². The third-order valence-corrected chi connectivity index (χ3v) is 5.59. The standard InChI is InChI=1S/C18H29N3/c1-19-17(15-16-9-3-6-12-20-16)18(10-4-5-11-18)21-13-7-2-8-14-21/h3,6,9,12,17,19H,2,4-5,7-8,10-11,13-15H2,1H3. The number of rotatable bonds is 5. The normalized spacial score (nSPS) is 24.0. The van der Waals surface area contributed by atoms with Gasteiger partial charge in [-0.1, -0.05) is 25.3 Å². The van der Waals surface area contributed by atoms with Crippen LogP contribution in [-0.2, 0) is 6.42 Å². The molecular weight excluding hydrogens is 258 g/mol. The van der Waals surface area contributed by atoms with Gasteiger partial charge < -0.3 is 5.32 Å². The molecule has 1 aromatic rings. The average molecular weight is 287 g/mol. The Balaban J connectivity index is 1.80. The van der Waals surface area contributed by atoms with Crippen molar-refractivity contribution < 1.29 is 0 Å². The fraction of sp³-hybridized carbons (Fsp3) is 0.722. The highest BCUT2D eigenvalue weighted by Crippen LogP contribution is 2.40. The molecule has 1 aliphatic heterocycles. The number of hydrogen-bond donors (Lipinski definition) is 1. The molecule has 1 atom stereocenters. The summed E-state index contributed by atoms with van der Waals surface area (Å²) < 4.78 is 0. The van der Waals surface area contributed by atoms with Gasteiger partial charge in [-0.2, -0.15) is 0 Å². The maximum Gasteiger partial charge on any atom is 0.0419 e. The molecule has 1 saturated heterocycles. The van der Waals surface area contributed by atoms with Crippen molar-refractivity contribution in [2.45, 2.75) is 62.9 Å². The third-order valence-electron chi connectivity index (χ3n) is 5.59. The van der Waals surface area contributed by atoms with Gasteiger partial charge in [0.25, 0.3) is 0 Å². The number of likely N-dealkylation sites (N-methyl/N-ethyl adjacent to an activating group) is 1. The molecule has 2 aliphatic rings. The number of pyridine rings is 1. The molecule has 2 heterocycles. The number of hydrogen-bond acceptors (Lipinski definition) is 3. The lowest BCUT2D eigenvalue weighted by Crippen LogP contribution is -2.61. The molecule has 0 spiro atoms. The molecule has 1 N–H and O–H groups in total. The first-order valence-electron chi connectivity index (χ1n) is 8.67. The maximum absolute atomic E-state index is 4.56. The van der Waals surface area contributed by atoms with Crippen LogP contribution >= 0.6 is 0 Å². The van der Waals surface area contributed by atoms with Crippen molar-refractivity contribution in [1.82, 2.24) is 15.2 Å². The lowest BCUT2D eigenvalue weighted by Gasteiger charge is -2.48. The number of nitrogens with one attached hydrogen (secondary N) is 1. The van der Waals surface area contributed by atoms with Gasteiger partial charge in [0, 0.05) is 29.9 Å². The summed E-state index contributed by atoms with van der Waals surface area (Å²) in [6, 6.07) is 6.81. The van der Waals surface area contributed by atoms with Gasteiger partial charge in [-0.05, 0) is 58.0 Å². The van der Waals surface area contributed by atoms with E-state index in [9.17, 15) is 0 Å². The molecule has 0 aromatic carbocycles. The van der Waals surface area contributed by atoms with Crippen LogP contribution < -0.4 is 5.32 Å². The topological polar surface area (TPSA) is 28.2 Å². The third kappa shape index (κ3) is 3.14.